The lowest BCUT2D eigenvalue weighted by Crippen LogP contribution is -2.46. The molecule has 180 valence electrons. The Hall–Kier alpha value is -3.79. The van der Waals surface area contributed by atoms with Crippen molar-refractivity contribution in [2.75, 3.05) is 38.1 Å². The Morgan fingerprint density at radius 3 is 2.66 bits per heavy atom. The van der Waals surface area contributed by atoms with Crippen LogP contribution in [0, 0.1) is 17.6 Å². The Labute approximate surface area is 203 Å². The largest absolute Gasteiger partial charge is 0.365 e. The van der Waals surface area contributed by atoms with Crippen molar-refractivity contribution in [3.8, 4) is 11.3 Å². The van der Waals surface area contributed by atoms with Gasteiger partial charge >= 0.3 is 0 Å². The van der Waals surface area contributed by atoms with Gasteiger partial charge in [0.25, 0.3) is 5.91 Å². The molecule has 0 unspecified atom stereocenters. The third-order valence-corrected chi connectivity index (χ3v) is 6.35. The van der Waals surface area contributed by atoms with Crippen LogP contribution in [0.5, 0.6) is 0 Å². The monoisotopic (exact) mass is 484 g/mol. The molecular formula is C25H22F3N5O2. The van der Waals surface area contributed by atoms with Crippen LogP contribution in [0.3, 0.4) is 0 Å². The molecule has 1 saturated heterocycles. The van der Waals surface area contributed by atoms with Gasteiger partial charge in [0.1, 0.15) is 17.3 Å². The molecule has 0 atom stereocenters. The van der Waals surface area contributed by atoms with E-state index in [0.29, 0.717) is 37.3 Å². The fourth-order valence-corrected chi connectivity index (χ4v) is 4.55. The van der Waals surface area contributed by atoms with Crippen LogP contribution >= 0.6 is 0 Å². The van der Waals surface area contributed by atoms with Crippen molar-refractivity contribution in [2.24, 2.45) is 0 Å². The number of anilines is 1. The summed E-state index contributed by atoms with van der Waals surface area (Å²) in [5.41, 5.74) is 1.38. The minimum absolute atomic E-state index is 0.147. The van der Waals surface area contributed by atoms with Crippen molar-refractivity contribution in [2.45, 2.75) is 13.0 Å². The highest BCUT2D eigenvalue weighted by Gasteiger charge is 2.29. The highest BCUT2D eigenvalue weighted by molar-refractivity contribution is 6.06. The van der Waals surface area contributed by atoms with Gasteiger partial charge in [-0.3, -0.25) is 19.5 Å². The number of carbonyl (C=O) groups excluding carboxylic acids is 2. The Balaban J connectivity index is 1.26. The lowest BCUT2D eigenvalue weighted by molar-refractivity contribution is 0.0955. The summed E-state index contributed by atoms with van der Waals surface area (Å²) < 4.78 is 64.9. The Kier molecular flexibility index (Phi) is 5.07. The fourth-order valence-electron chi connectivity index (χ4n) is 4.55. The number of nitrogens with one attached hydrogen (secondary N) is 1. The molecular weight excluding hydrogens is 459 g/mol. The molecule has 0 bridgehead atoms. The number of ketones is 1. The molecule has 1 aliphatic heterocycles. The first-order valence-corrected chi connectivity index (χ1v) is 11.0. The van der Waals surface area contributed by atoms with Crippen LogP contribution in [0.15, 0.2) is 36.5 Å². The van der Waals surface area contributed by atoms with Gasteiger partial charge in [-0.1, -0.05) is 12.1 Å². The topological polar surface area (TPSA) is 78.4 Å². The average Bonchev–Trinajstić information content (AvgIpc) is 2.86. The first-order valence-electron chi connectivity index (χ1n) is 12.5. The van der Waals surface area contributed by atoms with E-state index in [-0.39, 0.29) is 47.0 Å². The molecule has 1 aromatic carbocycles. The first kappa shape index (κ1) is 19.5. The number of aromatic nitrogens is 2. The molecule has 0 spiro atoms. The summed E-state index contributed by atoms with van der Waals surface area (Å²) in [6.07, 6.45) is 0.831. The van der Waals surface area contributed by atoms with Gasteiger partial charge in [0.15, 0.2) is 5.78 Å². The number of pyridine rings is 2. The molecule has 5 rings (SSSR count). The second kappa shape index (κ2) is 9.10. The minimum Gasteiger partial charge on any atom is -0.365 e. The predicted octanol–water partition coefficient (Wildman–Crippen LogP) is 2.98. The molecule has 10 heteroatoms. The molecule has 3 heterocycles. The van der Waals surface area contributed by atoms with E-state index in [1.807, 2.05) is 4.90 Å². The van der Waals surface area contributed by atoms with E-state index < -0.39 is 30.5 Å². The van der Waals surface area contributed by atoms with Crippen molar-refractivity contribution in [1.29, 1.82) is 0 Å². The van der Waals surface area contributed by atoms with Crippen LogP contribution in [0.2, 0.25) is 0 Å². The number of hydrogen-bond acceptors (Lipinski definition) is 6. The van der Waals surface area contributed by atoms with Crippen molar-refractivity contribution < 1.29 is 26.9 Å². The zero-order valence-electron chi connectivity index (χ0n) is 21.4. The predicted molar refractivity (Wildman–Crippen MR) is 123 cm³/mol. The van der Waals surface area contributed by atoms with E-state index in [0.717, 1.165) is 12.3 Å². The molecule has 2 aromatic heterocycles. The molecule has 2 aliphatic rings. The van der Waals surface area contributed by atoms with Gasteiger partial charge in [-0.05, 0) is 18.2 Å². The first-order chi connectivity index (χ1) is 18.0. The van der Waals surface area contributed by atoms with Crippen LogP contribution in [-0.4, -0.2) is 59.7 Å². The second-order valence-corrected chi connectivity index (χ2v) is 8.44. The van der Waals surface area contributed by atoms with E-state index in [1.165, 1.54) is 12.1 Å². The van der Waals surface area contributed by atoms with Crippen LogP contribution in [-0.2, 0) is 13.0 Å². The van der Waals surface area contributed by atoms with Gasteiger partial charge in [-0.25, -0.2) is 13.8 Å². The van der Waals surface area contributed by atoms with Gasteiger partial charge < -0.3 is 10.2 Å². The number of fused-ring (bicyclic) bond motifs is 3. The highest BCUT2D eigenvalue weighted by atomic mass is 19.1. The van der Waals surface area contributed by atoms with Crippen LogP contribution in [0.25, 0.3) is 11.3 Å². The van der Waals surface area contributed by atoms with Crippen LogP contribution in [0.4, 0.5) is 18.9 Å². The third-order valence-electron chi connectivity index (χ3n) is 6.35. The summed E-state index contributed by atoms with van der Waals surface area (Å²) in [5.74, 6) is -3.39. The molecule has 1 fully saturated rings. The average molecular weight is 484 g/mol. The summed E-state index contributed by atoms with van der Waals surface area (Å²) in [6.45, 7) is -0.641. The van der Waals surface area contributed by atoms with Crippen molar-refractivity contribution in [3.63, 3.8) is 0 Å². The van der Waals surface area contributed by atoms with Crippen molar-refractivity contribution in [3.05, 3.63) is 76.5 Å². The lowest BCUT2D eigenvalue weighted by atomic mass is 9.86. The number of nitrogens with zero attached hydrogens (tertiary/aromatic N) is 4. The van der Waals surface area contributed by atoms with Gasteiger partial charge in [-0.15, -0.1) is 0 Å². The van der Waals surface area contributed by atoms with Gasteiger partial charge in [-0.2, -0.15) is 4.39 Å². The SMILES string of the molecule is [2H]C([2H])([2H])NC(=O)c1ccc(N2CCN(Cc3ccc4c(c3F)CC(=O)c3cc(F)cnc3-4)CC2)c(F)n1. The standard InChI is InChI=1S/C25H22F3N5O2/c1-29-25(35)19-4-5-20(24(28)31-19)33-8-6-32(7-9-33)13-14-2-3-16-17(22(14)27)11-21(34)18-10-15(26)12-30-23(16)18/h2-5,10,12H,6-9,11,13H2,1H3,(H,29,35)/i1D3. The van der Waals surface area contributed by atoms with E-state index in [2.05, 4.69) is 9.97 Å². The number of halogens is 3. The molecule has 3 aromatic rings. The summed E-state index contributed by atoms with van der Waals surface area (Å²) >= 11 is 0. The van der Waals surface area contributed by atoms with Gasteiger partial charge in [0, 0.05) is 72.5 Å². The van der Waals surface area contributed by atoms with E-state index in [4.69, 9.17) is 4.11 Å². The summed E-state index contributed by atoms with van der Waals surface area (Å²) in [5, 5.41) is 1.77. The maximum absolute atomic E-state index is 15.4. The molecule has 7 nitrogen and oxygen atoms in total. The number of benzene rings is 1. The van der Waals surface area contributed by atoms with Crippen LogP contribution in [0.1, 0.15) is 36.1 Å². The molecule has 1 N–H and O–H groups in total. The number of hydrogen-bond donors (Lipinski definition) is 1. The third kappa shape index (κ3) is 4.25. The van der Waals surface area contributed by atoms with Crippen molar-refractivity contribution in [1.82, 2.24) is 20.2 Å². The zero-order chi connectivity index (χ0) is 27.2. The number of rotatable bonds is 4. The molecule has 1 amide bonds. The summed E-state index contributed by atoms with van der Waals surface area (Å²) in [6, 6.07) is 7.10. The number of carbonyl (C=O) groups is 2. The maximum Gasteiger partial charge on any atom is 0.269 e. The lowest BCUT2D eigenvalue weighted by Gasteiger charge is -2.36. The molecule has 35 heavy (non-hydrogen) atoms. The number of Topliss-reactive ketones (excluding diaryl/α,β-unsaturated/α-hetero) is 1. The van der Waals surface area contributed by atoms with E-state index in [1.54, 1.807) is 22.3 Å². The number of piperazine rings is 1. The normalized spacial score (nSPS) is 17.2. The van der Waals surface area contributed by atoms with Crippen molar-refractivity contribution >= 4 is 17.4 Å². The molecule has 0 saturated carbocycles. The van der Waals surface area contributed by atoms with Crippen LogP contribution < -0.4 is 10.2 Å². The quantitative estimate of drug-likeness (QED) is 0.574. The summed E-state index contributed by atoms with van der Waals surface area (Å²) in [7, 11) is 0. The zero-order valence-corrected chi connectivity index (χ0v) is 18.4. The Morgan fingerprint density at radius 2 is 1.91 bits per heavy atom. The summed E-state index contributed by atoms with van der Waals surface area (Å²) in [4.78, 5) is 35.8. The van der Waals surface area contributed by atoms with E-state index in [9.17, 15) is 18.4 Å². The Morgan fingerprint density at radius 1 is 1.11 bits per heavy atom. The molecule has 1 aliphatic carbocycles. The second-order valence-electron chi connectivity index (χ2n) is 8.44. The highest BCUT2D eigenvalue weighted by Crippen LogP contribution is 2.35. The Bertz CT molecular complexity index is 1440. The van der Waals surface area contributed by atoms with Gasteiger partial charge in [0.2, 0.25) is 5.95 Å². The molecule has 0 radical (unpaired) electrons. The van der Waals surface area contributed by atoms with E-state index >= 15 is 4.39 Å². The maximum atomic E-state index is 15.4. The minimum atomic E-state index is -2.71. The fraction of sp³-hybridized carbons (Fsp3) is 0.280. The van der Waals surface area contributed by atoms with Gasteiger partial charge in [0.05, 0.1) is 17.6 Å². The smallest absolute Gasteiger partial charge is 0.269 e. The number of amides is 1.